The van der Waals surface area contributed by atoms with Gasteiger partial charge in [-0.05, 0) is 36.6 Å². The zero-order chi connectivity index (χ0) is 21.4. The molecule has 3 heterocycles. The molecule has 31 heavy (non-hydrogen) atoms. The van der Waals surface area contributed by atoms with Gasteiger partial charge < -0.3 is 5.73 Å². The molecule has 9 heteroatoms. The highest BCUT2D eigenvalue weighted by molar-refractivity contribution is 5.45. The van der Waals surface area contributed by atoms with Crippen molar-refractivity contribution in [3.8, 4) is 17.5 Å². The van der Waals surface area contributed by atoms with Crippen molar-refractivity contribution in [3.05, 3.63) is 88.8 Å². The summed E-state index contributed by atoms with van der Waals surface area (Å²) in [6.07, 6.45) is 7.74. The van der Waals surface area contributed by atoms with E-state index < -0.39 is 11.6 Å². The standard InChI is InChI=1S/C22H15F2N7/c23-16-6-15(7-17(24)8-16)19-3-4-20-21(19)30-31(29-20)18-5-13(9-26-12-18)1-2-14-10-27-22(25)28-11-14/h5-12,19H,3-4H2,(H2,25,27,28). The number of aryl methyl sites for hydroxylation is 1. The Morgan fingerprint density at radius 2 is 1.65 bits per heavy atom. The van der Waals surface area contributed by atoms with Gasteiger partial charge in [0.05, 0.1) is 23.1 Å². The summed E-state index contributed by atoms with van der Waals surface area (Å²) < 4.78 is 27.3. The molecule has 1 aliphatic rings. The molecule has 0 fully saturated rings. The molecule has 2 N–H and O–H groups in total. The topological polar surface area (TPSA) is 95.4 Å². The van der Waals surface area contributed by atoms with Gasteiger partial charge in [0.25, 0.3) is 0 Å². The van der Waals surface area contributed by atoms with Gasteiger partial charge in [-0.25, -0.2) is 18.7 Å². The summed E-state index contributed by atoms with van der Waals surface area (Å²) in [5.41, 5.74) is 9.50. The molecule has 1 atom stereocenters. The number of aromatic nitrogens is 6. The summed E-state index contributed by atoms with van der Waals surface area (Å²) in [7, 11) is 0. The Balaban J connectivity index is 1.44. The number of fused-ring (bicyclic) bond motifs is 1. The average molecular weight is 415 g/mol. The van der Waals surface area contributed by atoms with Crippen molar-refractivity contribution >= 4 is 5.95 Å². The highest BCUT2D eigenvalue weighted by Gasteiger charge is 2.30. The number of anilines is 1. The molecule has 0 amide bonds. The van der Waals surface area contributed by atoms with E-state index in [1.54, 1.807) is 24.8 Å². The Hall–Kier alpha value is -4.19. The molecule has 5 rings (SSSR count). The highest BCUT2D eigenvalue weighted by atomic mass is 19.1. The van der Waals surface area contributed by atoms with E-state index in [0.29, 0.717) is 35.2 Å². The maximum Gasteiger partial charge on any atom is 0.219 e. The predicted molar refractivity (Wildman–Crippen MR) is 108 cm³/mol. The summed E-state index contributed by atoms with van der Waals surface area (Å²) in [5, 5.41) is 9.13. The van der Waals surface area contributed by atoms with Crippen LogP contribution in [-0.2, 0) is 6.42 Å². The van der Waals surface area contributed by atoms with Crippen molar-refractivity contribution in [2.24, 2.45) is 0 Å². The van der Waals surface area contributed by atoms with Crippen LogP contribution < -0.4 is 5.73 Å². The van der Waals surface area contributed by atoms with E-state index in [1.807, 2.05) is 6.07 Å². The second-order valence-electron chi connectivity index (χ2n) is 7.13. The number of pyridine rings is 1. The third-order valence-corrected chi connectivity index (χ3v) is 4.98. The van der Waals surface area contributed by atoms with Crippen molar-refractivity contribution in [2.45, 2.75) is 18.8 Å². The average Bonchev–Trinajstić information content (AvgIpc) is 3.34. The molecule has 0 bridgehead atoms. The van der Waals surface area contributed by atoms with Crippen LogP contribution in [0.15, 0.2) is 49.1 Å². The monoisotopic (exact) mass is 415 g/mol. The molecule has 0 saturated heterocycles. The summed E-state index contributed by atoms with van der Waals surface area (Å²) in [6.45, 7) is 0. The molecule has 1 aliphatic carbocycles. The van der Waals surface area contributed by atoms with E-state index in [-0.39, 0.29) is 11.9 Å². The maximum absolute atomic E-state index is 13.7. The number of nitrogen functional groups attached to an aromatic ring is 1. The molecule has 152 valence electrons. The predicted octanol–water partition coefficient (Wildman–Crippen LogP) is 2.79. The van der Waals surface area contributed by atoms with Crippen molar-refractivity contribution in [1.29, 1.82) is 0 Å². The van der Waals surface area contributed by atoms with Gasteiger partial charge in [0.1, 0.15) is 17.3 Å². The molecule has 1 unspecified atom stereocenters. The third-order valence-electron chi connectivity index (χ3n) is 4.98. The van der Waals surface area contributed by atoms with Crippen LogP contribution in [0.2, 0.25) is 0 Å². The number of rotatable bonds is 2. The quantitative estimate of drug-likeness (QED) is 0.506. The van der Waals surface area contributed by atoms with Crippen LogP contribution >= 0.6 is 0 Å². The Morgan fingerprint density at radius 3 is 2.42 bits per heavy atom. The zero-order valence-electron chi connectivity index (χ0n) is 16.1. The molecule has 3 aromatic heterocycles. The maximum atomic E-state index is 13.7. The van der Waals surface area contributed by atoms with E-state index in [9.17, 15) is 8.78 Å². The Bertz CT molecular complexity index is 1320. The smallest absolute Gasteiger partial charge is 0.219 e. The van der Waals surface area contributed by atoms with Crippen molar-refractivity contribution in [1.82, 2.24) is 29.9 Å². The van der Waals surface area contributed by atoms with Crippen LogP contribution in [0.4, 0.5) is 14.7 Å². The van der Waals surface area contributed by atoms with Crippen LogP contribution in [0.3, 0.4) is 0 Å². The lowest BCUT2D eigenvalue weighted by atomic mass is 9.97. The molecule has 7 nitrogen and oxygen atoms in total. The first-order chi connectivity index (χ1) is 15.0. The lowest BCUT2D eigenvalue weighted by Crippen LogP contribution is -2.05. The number of benzene rings is 1. The van der Waals surface area contributed by atoms with Gasteiger partial charge in [0, 0.05) is 36.1 Å². The second kappa shape index (κ2) is 7.57. The molecule has 0 saturated carbocycles. The van der Waals surface area contributed by atoms with Gasteiger partial charge in [-0.1, -0.05) is 11.8 Å². The molecule has 0 radical (unpaired) electrons. The van der Waals surface area contributed by atoms with Crippen LogP contribution in [0.25, 0.3) is 5.69 Å². The Labute approximate surface area is 176 Å². The van der Waals surface area contributed by atoms with E-state index >= 15 is 0 Å². The first kappa shape index (κ1) is 18.8. The van der Waals surface area contributed by atoms with Crippen LogP contribution in [0.1, 0.15) is 40.4 Å². The van der Waals surface area contributed by atoms with Crippen LogP contribution in [-0.4, -0.2) is 29.9 Å². The number of hydrogen-bond acceptors (Lipinski definition) is 6. The fraction of sp³-hybridized carbons (Fsp3) is 0.136. The van der Waals surface area contributed by atoms with Crippen molar-refractivity contribution in [3.63, 3.8) is 0 Å². The first-order valence-electron chi connectivity index (χ1n) is 9.52. The number of nitrogens with two attached hydrogens (primary N) is 1. The van der Waals surface area contributed by atoms with Gasteiger partial charge in [0.2, 0.25) is 5.95 Å². The van der Waals surface area contributed by atoms with E-state index in [1.165, 1.54) is 16.9 Å². The van der Waals surface area contributed by atoms with Gasteiger partial charge >= 0.3 is 0 Å². The van der Waals surface area contributed by atoms with Crippen molar-refractivity contribution in [2.75, 3.05) is 5.73 Å². The van der Waals surface area contributed by atoms with E-state index in [2.05, 4.69) is 37.0 Å². The first-order valence-corrected chi connectivity index (χ1v) is 9.52. The summed E-state index contributed by atoms with van der Waals surface area (Å²) >= 11 is 0. The van der Waals surface area contributed by atoms with Crippen LogP contribution in [0.5, 0.6) is 0 Å². The lowest BCUT2D eigenvalue weighted by molar-refractivity contribution is 0.574. The number of hydrogen-bond donors (Lipinski definition) is 1. The van der Waals surface area contributed by atoms with Gasteiger partial charge in [-0.2, -0.15) is 10.2 Å². The zero-order valence-corrected chi connectivity index (χ0v) is 16.1. The molecular formula is C22H15F2N7. The van der Waals surface area contributed by atoms with Gasteiger partial charge in [-0.15, -0.1) is 4.80 Å². The SMILES string of the molecule is Nc1ncc(C#Cc2cncc(-n3nc4c(n3)C(c3cc(F)cc(F)c3)CC4)c2)cn1. The third kappa shape index (κ3) is 3.83. The van der Waals surface area contributed by atoms with Gasteiger partial charge in [0.15, 0.2) is 0 Å². The normalized spacial score (nSPS) is 14.7. The molecular weight excluding hydrogens is 400 g/mol. The van der Waals surface area contributed by atoms with E-state index in [0.717, 1.165) is 17.5 Å². The second-order valence-corrected chi connectivity index (χ2v) is 7.13. The highest BCUT2D eigenvalue weighted by Crippen LogP contribution is 2.36. The summed E-state index contributed by atoms with van der Waals surface area (Å²) in [6, 6.07) is 5.37. The Morgan fingerprint density at radius 1 is 0.903 bits per heavy atom. The fourth-order valence-electron chi connectivity index (χ4n) is 3.58. The lowest BCUT2D eigenvalue weighted by Gasteiger charge is -2.10. The molecule has 4 aromatic rings. The summed E-state index contributed by atoms with van der Waals surface area (Å²) in [4.78, 5) is 13.5. The fourth-order valence-corrected chi connectivity index (χ4v) is 3.58. The van der Waals surface area contributed by atoms with Gasteiger partial charge in [-0.3, -0.25) is 4.98 Å². The molecule has 0 aliphatic heterocycles. The number of halogens is 2. The van der Waals surface area contributed by atoms with Crippen molar-refractivity contribution < 1.29 is 8.78 Å². The summed E-state index contributed by atoms with van der Waals surface area (Å²) in [5.74, 6) is 4.74. The minimum Gasteiger partial charge on any atom is -0.368 e. The largest absolute Gasteiger partial charge is 0.368 e. The molecule has 0 spiro atoms. The minimum absolute atomic E-state index is 0.186. The molecule has 1 aromatic carbocycles. The Kier molecular flexibility index (Phi) is 4.59. The minimum atomic E-state index is -0.599. The van der Waals surface area contributed by atoms with E-state index in [4.69, 9.17) is 5.73 Å². The number of nitrogens with zero attached hydrogens (tertiary/aromatic N) is 6. The van der Waals surface area contributed by atoms with Crippen LogP contribution in [0, 0.1) is 23.5 Å².